The molecule has 0 aliphatic heterocycles. The van der Waals surface area contributed by atoms with Gasteiger partial charge in [-0.15, -0.1) is 0 Å². The molecule has 160 valence electrons. The lowest BCUT2D eigenvalue weighted by molar-refractivity contribution is 0.302. The van der Waals surface area contributed by atoms with Gasteiger partial charge in [0, 0.05) is 15.6 Å². The van der Waals surface area contributed by atoms with Crippen LogP contribution in [-0.4, -0.2) is 9.97 Å². The van der Waals surface area contributed by atoms with E-state index in [4.69, 9.17) is 27.9 Å². The van der Waals surface area contributed by atoms with Gasteiger partial charge in [0.2, 0.25) is 0 Å². The van der Waals surface area contributed by atoms with Crippen molar-refractivity contribution in [3.8, 4) is 11.8 Å². The van der Waals surface area contributed by atoms with Crippen LogP contribution in [0.4, 0.5) is 4.39 Å². The highest BCUT2D eigenvalue weighted by Crippen LogP contribution is 2.32. The number of hydrogen-bond donors (Lipinski definition) is 1. The Morgan fingerprint density at radius 3 is 2.56 bits per heavy atom. The highest BCUT2D eigenvalue weighted by molar-refractivity contribution is 14.1. The Balaban J connectivity index is 1.61. The summed E-state index contributed by atoms with van der Waals surface area (Å²) in [5.41, 5.74) is 3.12. The van der Waals surface area contributed by atoms with E-state index in [0.717, 1.165) is 24.0 Å². The summed E-state index contributed by atoms with van der Waals surface area (Å²) in [5, 5.41) is 10.8. The van der Waals surface area contributed by atoms with Crippen molar-refractivity contribution < 1.29 is 9.13 Å². The number of ether oxygens (including phenoxy) is 1. The molecule has 0 aliphatic rings. The molecule has 4 nitrogen and oxygen atoms in total. The second-order valence-corrected chi connectivity index (χ2v) is 9.92. The van der Waals surface area contributed by atoms with E-state index >= 15 is 0 Å². The van der Waals surface area contributed by atoms with E-state index in [-0.39, 0.29) is 5.82 Å². The van der Waals surface area contributed by atoms with Crippen molar-refractivity contribution in [1.29, 1.82) is 5.26 Å². The Bertz CT molecular complexity index is 1390. The molecule has 32 heavy (non-hydrogen) atoms. The summed E-state index contributed by atoms with van der Waals surface area (Å²) < 4.78 is 21.2. The largest absolute Gasteiger partial charge is 0.487 e. The van der Waals surface area contributed by atoms with E-state index in [2.05, 4.69) is 61.2 Å². The lowest BCUT2D eigenvalue weighted by Crippen LogP contribution is -2.00. The minimum Gasteiger partial charge on any atom is -0.487 e. The fourth-order valence-electron chi connectivity index (χ4n) is 3.02. The standard InChI is InChI=1S/C23H12Cl2FI2N3O/c24-15-2-1-13(17(25)8-15)11-32-22-18(27)6-12(7-19(22)28)5-14(10-29)23-30-20-4-3-16(26)9-21(20)31-23/h1-9H,11H2,(H,30,31)/b14-5-. The summed E-state index contributed by atoms with van der Waals surface area (Å²) in [7, 11) is 0. The fraction of sp³-hybridized carbons (Fsp3) is 0.0435. The van der Waals surface area contributed by atoms with Crippen molar-refractivity contribution in [3.05, 3.63) is 88.5 Å². The van der Waals surface area contributed by atoms with Crippen molar-refractivity contribution in [1.82, 2.24) is 9.97 Å². The topological polar surface area (TPSA) is 61.7 Å². The molecule has 0 amide bonds. The van der Waals surface area contributed by atoms with Crippen molar-refractivity contribution >= 4 is 91.1 Å². The fourth-order valence-corrected chi connectivity index (χ4v) is 5.61. The first-order valence-corrected chi connectivity index (χ1v) is 12.1. The second kappa shape index (κ2) is 9.95. The number of rotatable bonds is 5. The molecular weight excluding hydrogens is 678 g/mol. The van der Waals surface area contributed by atoms with E-state index < -0.39 is 0 Å². The number of imidazole rings is 1. The number of aromatic amines is 1. The molecule has 0 saturated carbocycles. The summed E-state index contributed by atoms with van der Waals surface area (Å²) in [6.45, 7) is 0.302. The summed E-state index contributed by atoms with van der Waals surface area (Å²) in [6.07, 6.45) is 1.73. The molecule has 4 aromatic rings. The van der Waals surface area contributed by atoms with Gasteiger partial charge in [-0.3, -0.25) is 0 Å². The monoisotopic (exact) mass is 689 g/mol. The van der Waals surface area contributed by atoms with Crippen LogP contribution in [0.3, 0.4) is 0 Å². The van der Waals surface area contributed by atoms with Crippen molar-refractivity contribution in [3.63, 3.8) is 0 Å². The molecule has 1 heterocycles. The van der Waals surface area contributed by atoms with Crippen LogP contribution < -0.4 is 4.74 Å². The zero-order chi connectivity index (χ0) is 22.8. The first-order chi connectivity index (χ1) is 15.3. The van der Waals surface area contributed by atoms with E-state index in [1.165, 1.54) is 12.1 Å². The van der Waals surface area contributed by atoms with E-state index in [1.54, 1.807) is 24.3 Å². The number of H-pyrrole nitrogens is 1. The Kier molecular flexibility index (Phi) is 7.24. The molecule has 9 heteroatoms. The predicted octanol–water partition coefficient (Wildman–Crippen LogP) is 7.86. The van der Waals surface area contributed by atoms with Gasteiger partial charge in [-0.2, -0.15) is 5.26 Å². The summed E-state index contributed by atoms with van der Waals surface area (Å²) in [4.78, 5) is 7.40. The Labute approximate surface area is 220 Å². The molecule has 0 atom stereocenters. The molecule has 1 aromatic heterocycles. The molecule has 0 aliphatic carbocycles. The van der Waals surface area contributed by atoms with Crippen molar-refractivity contribution in [2.24, 2.45) is 0 Å². The van der Waals surface area contributed by atoms with Gasteiger partial charge in [-0.05, 0) is 99.3 Å². The first kappa shape index (κ1) is 23.3. The Morgan fingerprint density at radius 1 is 1.12 bits per heavy atom. The number of nitriles is 1. The average Bonchev–Trinajstić information content (AvgIpc) is 3.15. The molecule has 4 rings (SSSR count). The minimum atomic E-state index is -0.366. The number of aromatic nitrogens is 2. The molecule has 0 unspecified atom stereocenters. The Hall–Kier alpha value is -1.87. The van der Waals surface area contributed by atoms with Crippen LogP contribution in [0.5, 0.6) is 5.75 Å². The smallest absolute Gasteiger partial charge is 0.149 e. The third-order valence-corrected chi connectivity index (χ3v) is 6.73. The van der Waals surface area contributed by atoms with Crippen molar-refractivity contribution in [2.45, 2.75) is 6.61 Å². The molecule has 0 spiro atoms. The maximum Gasteiger partial charge on any atom is 0.149 e. The SMILES string of the molecule is N#C/C(=C/c1cc(I)c(OCc2ccc(Cl)cc2Cl)c(I)c1)c1nc2ccc(F)cc2[nH]1. The molecule has 3 aromatic carbocycles. The number of halogens is 5. The maximum atomic E-state index is 13.5. The number of nitrogens with one attached hydrogen (secondary N) is 1. The number of benzene rings is 3. The first-order valence-electron chi connectivity index (χ1n) is 9.17. The molecule has 0 saturated heterocycles. The van der Waals surface area contributed by atoms with Crippen LogP contribution in [-0.2, 0) is 6.61 Å². The molecule has 0 radical (unpaired) electrons. The van der Waals surface area contributed by atoms with E-state index in [1.807, 2.05) is 18.2 Å². The maximum absolute atomic E-state index is 13.5. The van der Waals surface area contributed by atoms with Gasteiger partial charge in [0.05, 0.1) is 23.7 Å². The quantitative estimate of drug-likeness (QED) is 0.172. The zero-order valence-electron chi connectivity index (χ0n) is 16.1. The third-order valence-electron chi connectivity index (χ3n) is 4.54. The van der Waals surface area contributed by atoms with Crippen LogP contribution in [0.25, 0.3) is 22.7 Å². The molecule has 1 N–H and O–H groups in total. The molecule has 0 bridgehead atoms. The van der Waals surface area contributed by atoms with E-state index in [0.29, 0.717) is 39.1 Å². The molecule has 0 fully saturated rings. The van der Waals surface area contributed by atoms with Crippen LogP contribution in [0.15, 0.2) is 48.5 Å². The summed E-state index contributed by atoms with van der Waals surface area (Å²) >= 11 is 16.6. The second-order valence-electron chi connectivity index (χ2n) is 6.75. The number of hydrogen-bond acceptors (Lipinski definition) is 3. The predicted molar refractivity (Wildman–Crippen MR) is 142 cm³/mol. The normalized spacial score (nSPS) is 11.6. The van der Waals surface area contributed by atoms with Gasteiger partial charge in [0.25, 0.3) is 0 Å². The third kappa shape index (κ3) is 5.20. The van der Waals surface area contributed by atoms with Gasteiger partial charge in [-0.1, -0.05) is 29.3 Å². The van der Waals surface area contributed by atoms with Gasteiger partial charge in [-0.25, -0.2) is 9.37 Å². The van der Waals surface area contributed by atoms with Crippen LogP contribution in [0, 0.1) is 24.3 Å². The van der Waals surface area contributed by atoms with Crippen LogP contribution in [0.1, 0.15) is 17.0 Å². The summed E-state index contributed by atoms with van der Waals surface area (Å²) in [5.74, 6) is 0.748. The number of nitrogens with zero attached hydrogens (tertiary/aromatic N) is 2. The number of fused-ring (bicyclic) bond motifs is 1. The van der Waals surface area contributed by atoms with Gasteiger partial charge >= 0.3 is 0 Å². The highest BCUT2D eigenvalue weighted by atomic mass is 127. The minimum absolute atomic E-state index is 0.302. The van der Waals surface area contributed by atoms with E-state index in [9.17, 15) is 9.65 Å². The average molecular weight is 690 g/mol. The van der Waals surface area contributed by atoms with Crippen LogP contribution in [0.2, 0.25) is 10.0 Å². The lowest BCUT2D eigenvalue weighted by atomic mass is 10.1. The van der Waals surface area contributed by atoms with Gasteiger partial charge < -0.3 is 9.72 Å². The lowest BCUT2D eigenvalue weighted by Gasteiger charge is -2.12. The zero-order valence-corrected chi connectivity index (χ0v) is 21.9. The number of allylic oxidation sites excluding steroid dienone is 1. The summed E-state index contributed by atoms with van der Waals surface area (Å²) in [6, 6.07) is 15.5. The van der Waals surface area contributed by atoms with Gasteiger partial charge in [0.1, 0.15) is 30.1 Å². The van der Waals surface area contributed by atoms with Crippen molar-refractivity contribution in [2.75, 3.05) is 0 Å². The Morgan fingerprint density at radius 2 is 1.88 bits per heavy atom. The molecular formula is C23H12Cl2FI2N3O. The van der Waals surface area contributed by atoms with Crippen LogP contribution >= 0.6 is 68.4 Å². The van der Waals surface area contributed by atoms with Gasteiger partial charge in [0.15, 0.2) is 0 Å². The highest BCUT2D eigenvalue weighted by Gasteiger charge is 2.13.